The van der Waals surface area contributed by atoms with Crippen molar-refractivity contribution in [3.8, 4) is 0 Å². The van der Waals surface area contributed by atoms with Crippen molar-refractivity contribution in [1.82, 2.24) is 5.32 Å². The number of hydrogen-bond acceptors (Lipinski definition) is 4. The standard InChI is InChI=1S/C12H17NO4/c14-10-7-9(13-11(10)15)8-1-3-12(4-2-8)16-5-6-17-12/h7-9,14H,1-6H2,(H,13,15). The van der Waals surface area contributed by atoms with E-state index in [1.165, 1.54) is 0 Å². The maximum Gasteiger partial charge on any atom is 0.286 e. The molecule has 1 spiro atoms. The smallest absolute Gasteiger partial charge is 0.286 e. The van der Waals surface area contributed by atoms with Gasteiger partial charge in [0, 0.05) is 12.8 Å². The molecule has 2 heterocycles. The summed E-state index contributed by atoms with van der Waals surface area (Å²) in [4.78, 5) is 11.2. The summed E-state index contributed by atoms with van der Waals surface area (Å²) in [5, 5.41) is 12.1. The highest BCUT2D eigenvalue weighted by Gasteiger charge is 2.42. The minimum absolute atomic E-state index is 0.0266. The molecule has 1 saturated carbocycles. The van der Waals surface area contributed by atoms with Gasteiger partial charge in [-0.2, -0.15) is 0 Å². The Hall–Kier alpha value is -1.07. The molecule has 2 aliphatic heterocycles. The number of carbonyl (C=O) groups excluding carboxylic acids is 1. The van der Waals surface area contributed by atoms with Crippen LogP contribution >= 0.6 is 0 Å². The molecule has 17 heavy (non-hydrogen) atoms. The second kappa shape index (κ2) is 3.99. The van der Waals surface area contributed by atoms with E-state index in [1.54, 1.807) is 6.08 Å². The summed E-state index contributed by atoms with van der Waals surface area (Å²) in [6, 6.07) is -0.0266. The van der Waals surface area contributed by atoms with Crippen LogP contribution < -0.4 is 5.32 Å². The summed E-state index contributed by atoms with van der Waals surface area (Å²) in [5.41, 5.74) is 0. The lowest BCUT2D eigenvalue weighted by molar-refractivity contribution is -0.183. The van der Waals surface area contributed by atoms with Gasteiger partial charge in [0.15, 0.2) is 11.5 Å². The summed E-state index contributed by atoms with van der Waals surface area (Å²) in [6.07, 6.45) is 5.28. The zero-order valence-corrected chi connectivity index (χ0v) is 9.65. The lowest BCUT2D eigenvalue weighted by Gasteiger charge is -2.37. The molecule has 2 fully saturated rings. The third-order valence-electron chi connectivity index (χ3n) is 3.98. The first-order chi connectivity index (χ1) is 8.19. The van der Waals surface area contributed by atoms with Crippen LogP contribution in [-0.2, 0) is 14.3 Å². The minimum Gasteiger partial charge on any atom is -0.503 e. The zero-order valence-electron chi connectivity index (χ0n) is 9.65. The van der Waals surface area contributed by atoms with Gasteiger partial charge in [-0.3, -0.25) is 4.79 Å². The number of ether oxygens (including phenoxy) is 2. The van der Waals surface area contributed by atoms with Crippen molar-refractivity contribution < 1.29 is 19.4 Å². The SMILES string of the molecule is O=C1NC(C2CCC3(CC2)OCCO3)C=C1O. The summed E-state index contributed by atoms with van der Waals surface area (Å²) >= 11 is 0. The first kappa shape index (κ1) is 11.0. The van der Waals surface area contributed by atoms with Gasteiger partial charge in [-0.1, -0.05) is 0 Å². The molecule has 0 radical (unpaired) electrons. The average molecular weight is 239 g/mol. The van der Waals surface area contributed by atoms with Crippen molar-refractivity contribution in [2.45, 2.75) is 37.5 Å². The molecule has 1 unspecified atom stereocenters. The molecule has 3 rings (SSSR count). The van der Waals surface area contributed by atoms with E-state index in [-0.39, 0.29) is 23.5 Å². The van der Waals surface area contributed by atoms with Crippen LogP contribution in [0.25, 0.3) is 0 Å². The second-order valence-corrected chi connectivity index (χ2v) is 5.00. The predicted molar refractivity (Wildman–Crippen MR) is 59.2 cm³/mol. The van der Waals surface area contributed by atoms with Crippen molar-refractivity contribution in [2.75, 3.05) is 13.2 Å². The number of nitrogens with one attached hydrogen (secondary N) is 1. The summed E-state index contributed by atoms with van der Waals surface area (Å²) in [6.45, 7) is 1.37. The van der Waals surface area contributed by atoms with E-state index in [2.05, 4.69) is 5.32 Å². The number of aliphatic hydroxyl groups excluding tert-OH is 1. The Morgan fingerprint density at radius 2 is 1.94 bits per heavy atom. The Morgan fingerprint density at radius 1 is 1.29 bits per heavy atom. The van der Waals surface area contributed by atoms with Gasteiger partial charge >= 0.3 is 0 Å². The molecule has 0 bridgehead atoms. The second-order valence-electron chi connectivity index (χ2n) is 5.00. The highest BCUT2D eigenvalue weighted by Crippen LogP contribution is 2.40. The molecule has 1 aliphatic carbocycles. The molecule has 0 aromatic rings. The number of aliphatic hydroxyl groups is 1. The van der Waals surface area contributed by atoms with Crippen LogP contribution in [0, 0.1) is 5.92 Å². The third kappa shape index (κ3) is 1.93. The van der Waals surface area contributed by atoms with Crippen LogP contribution in [0.5, 0.6) is 0 Å². The summed E-state index contributed by atoms with van der Waals surface area (Å²) in [7, 11) is 0. The van der Waals surface area contributed by atoms with Crippen LogP contribution in [0.2, 0.25) is 0 Å². The monoisotopic (exact) mass is 239 g/mol. The molecule has 2 N–H and O–H groups in total. The molecule has 0 aromatic carbocycles. The van der Waals surface area contributed by atoms with Crippen molar-refractivity contribution in [3.05, 3.63) is 11.8 Å². The summed E-state index contributed by atoms with van der Waals surface area (Å²) in [5.74, 6) is -0.487. The Bertz CT molecular complexity index is 350. The van der Waals surface area contributed by atoms with Gasteiger partial charge < -0.3 is 19.9 Å². The number of rotatable bonds is 1. The van der Waals surface area contributed by atoms with Crippen molar-refractivity contribution in [2.24, 2.45) is 5.92 Å². The lowest BCUT2D eigenvalue weighted by atomic mass is 9.81. The van der Waals surface area contributed by atoms with E-state index >= 15 is 0 Å². The van der Waals surface area contributed by atoms with Gasteiger partial charge in [-0.15, -0.1) is 0 Å². The molecular formula is C12H17NO4. The maximum atomic E-state index is 11.2. The highest BCUT2D eigenvalue weighted by atomic mass is 16.7. The van der Waals surface area contributed by atoms with E-state index in [1.807, 2.05) is 0 Å². The molecule has 5 heteroatoms. The number of carbonyl (C=O) groups is 1. The lowest BCUT2D eigenvalue weighted by Crippen LogP contribution is -2.41. The normalized spacial score (nSPS) is 32.8. The van der Waals surface area contributed by atoms with E-state index in [0.717, 1.165) is 25.7 Å². The molecule has 1 amide bonds. The molecule has 1 saturated heterocycles. The van der Waals surface area contributed by atoms with Crippen molar-refractivity contribution >= 4 is 5.91 Å². The van der Waals surface area contributed by atoms with Gasteiger partial charge in [0.25, 0.3) is 5.91 Å². The van der Waals surface area contributed by atoms with Crippen molar-refractivity contribution in [3.63, 3.8) is 0 Å². The quantitative estimate of drug-likeness (QED) is 0.712. The molecule has 1 atom stereocenters. The predicted octanol–water partition coefficient (Wildman–Crippen LogP) is 0.860. The number of hydrogen-bond donors (Lipinski definition) is 2. The van der Waals surface area contributed by atoms with Gasteiger partial charge in [-0.25, -0.2) is 0 Å². The van der Waals surface area contributed by atoms with E-state index in [0.29, 0.717) is 19.1 Å². The van der Waals surface area contributed by atoms with Crippen LogP contribution in [0.3, 0.4) is 0 Å². The van der Waals surface area contributed by atoms with Crippen molar-refractivity contribution in [1.29, 1.82) is 0 Å². The highest BCUT2D eigenvalue weighted by molar-refractivity contribution is 5.93. The van der Waals surface area contributed by atoms with Crippen LogP contribution in [0.15, 0.2) is 11.8 Å². The Morgan fingerprint density at radius 3 is 2.47 bits per heavy atom. The fraction of sp³-hybridized carbons (Fsp3) is 0.750. The molecule has 94 valence electrons. The average Bonchev–Trinajstić information content (AvgIpc) is 2.90. The van der Waals surface area contributed by atoms with Crippen LogP contribution in [0.4, 0.5) is 0 Å². The Balaban J connectivity index is 1.60. The topological polar surface area (TPSA) is 67.8 Å². The minimum atomic E-state index is -0.358. The third-order valence-corrected chi connectivity index (χ3v) is 3.98. The van der Waals surface area contributed by atoms with E-state index in [4.69, 9.17) is 9.47 Å². The Kier molecular flexibility index (Phi) is 2.60. The molecule has 5 nitrogen and oxygen atoms in total. The molecular weight excluding hydrogens is 222 g/mol. The van der Waals surface area contributed by atoms with Gasteiger partial charge in [0.1, 0.15) is 0 Å². The van der Waals surface area contributed by atoms with Crippen LogP contribution in [0.1, 0.15) is 25.7 Å². The van der Waals surface area contributed by atoms with Gasteiger partial charge in [0.05, 0.1) is 19.3 Å². The van der Waals surface area contributed by atoms with Crippen LogP contribution in [-0.4, -0.2) is 36.1 Å². The van der Waals surface area contributed by atoms with E-state index < -0.39 is 0 Å². The Labute approximate surface area is 99.8 Å². The molecule has 3 aliphatic rings. The van der Waals surface area contributed by atoms with Gasteiger partial charge in [-0.05, 0) is 24.8 Å². The maximum absolute atomic E-state index is 11.2. The largest absolute Gasteiger partial charge is 0.503 e. The first-order valence-electron chi connectivity index (χ1n) is 6.18. The fourth-order valence-corrected chi connectivity index (χ4v) is 2.99. The van der Waals surface area contributed by atoms with Gasteiger partial charge in [0.2, 0.25) is 0 Å². The first-order valence-corrected chi connectivity index (χ1v) is 6.18. The number of amides is 1. The van der Waals surface area contributed by atoms with E-state index in [9.17, 15) is 9.90 Å². The zero-order chi connectivity index (χ0) is 11.9. The fourth-order valence-electron chi connectivity index (χ4n) is 2.99. The summed E-state index contributed by atoms with van der Waals surface area (Å²) < 4.78 is 11.3. The molecule has 0 aromatic heterocycles.